The van der Waals surface area contributed by atoms with Crippen molar-refractivity contribution in [1.29, 1.82) is 0 Å². The predicted molar refractivity (Wildman–Crippen MR) is 75.1 cm³/mol. The molecule has 1 heterocycles. The first-order chi connectivity index (χ1) is 8.86. The largest absolute Gasteiger partial charge is 0.409 e. The Balaban J connectivity index is 2.90. The van der Waals surface area contributed by atoms with Crippen LogP contribution < -0.4 is 5.73 Å². The maximum Gasteiger partial charge on any atom is 0.236 e. The van der Waals surface area contributed by atoms with Crippen LogP contribution in [0.15, 0.2) is 10.7 Å². The van der Waals surface area contributed by atoms with Gasteiger partial charge in [0.1, 0.15) is 5.41 Å². The van der Waals surface area contributed by atoms with Gasteiger partial charge < -0.3 is 15.8 Å². The molecule has 0 bridgehead atoms. The third-order valence-corrected chi connectivity index (χ3v) is 4.34. The van der Waals surface area contributed by atoms with Gasteiger partial charge in [0.2, 0.25) is 5.91 Å². The maximum absolute atomic E-state index is 12.5. The molecule has 0 aliphatic rings. The minimum absolute atomic E-state index is 0.0622. The molecular formula is C12H20N4O2S. The van der Waals surface area contributed by atoms with Gasteiger partial charge in [-0.05, 0) is 20.3 Å². The molecule has 0 fully saturated rings. The molecule has 1 aromatic rings. The Kier molecular flexibility index (Phi) is 4.88. The zero-order valence-electron chi connectivity index (χ0n) is 11.7. The number of carbonyl (C=O) groups excluding carboxylic acids is 1. The van der Waals surface area contributed by atoms with Crippen molar-refractivity contribution in [3.05, 3.63) is 16.1 Å². The van der Waals surface area contributed by atoms with Crippen LogP contribution in [0.5, 0.6) is 0 Å². The second-order valence-electron chi connectivity index (χ2n) is 4.69. The van der Waals surface area contributed by atoms with Gasteiger partial charge in [-0.15, -0.1) is 11.3 Å². The number of thiazole rings is 1. The summed E-state index contributed by atoms with van der Waals surface area (Å²) in [6.07, 6.45) is 0.466. The predicted octanol–water partition coefficient (Wildman–Crippen LogP) is 1.57. The van der Waals surface area contributed by atoms with Crippen LogP contribution in [0.1, 0.15) is 30.8 Å². The van der Waals surface area contributed by atoms with E-state index in [0.29, 0.717) is 13.0 Å². The number of hydrogen-bond donors (Lipinski definition) is 2. The van der Waals surface area contributed by atoms with E-state index < -0.39 is 5.41 Å². The highest BCUT2D eigenvalue weighted by molar-refractivity contribution is 7.09. The molecule has 19 heavy (non-hydrogen) atoms. The number of amidine groups is 1. The van der Waals surface area contributed by atoms with Crippen molar-refractivity contribution in [2.24, 2.45) is 16.3 Å². The summed E-state index contributed by atoms with van der Waals surface area (Å²) in [5.74, 6) is -0.231. The van der Waals surface area contributed by atoms with Gasteiger partial charge in [-0.1, -0.05) is 12.1 Å². The third-order valence-electron chi connectivity index (χ3n) is 3.42. The highest BCUT2D eigenvalue weighted by Gasteiger charge is 2.38. The first-order valence-corrected chi connectivity index (χ1v) is 6.87. The van der Waals surface area contributed by atoms with E-state index >= 15 is 0 Å². The van der Waals surface area contributed by atoms with Crippen LogP contribution in [0.2, 0.25) is 0 Å². The molecular weight excluding hydrogens is 264 g/mol. The molecule has 106 valence electrons. The average molecular weight is 284 g/mol. The Morgan fingerprint density at radius 1 is 1.68 bits per heavy atom. The third kappa shape index (κ3) is 3.04. The summed E-state index contributed by atoms with van der Waals surface area (Å²) in [6.45, 7) is 5.90. The maximum atomic E-state index is 12.5. The topological polar surface area (TPSA) is 91.8 Å². The number of carbonyl (C=O) groups is 1. The first-order valence-electron chi connectivity index (χ1n) is 5.99. The lowest BCUT2D eigenvalue weighted by Crippen LogP contribution is -2.47. The Bertz CT molecular complexity index is 486. The summed E-state index contributed by atoms with van der Waals surface area (Å²) in [4.78, 5) is 19.2. The monoisotopic (exact) mass is 284 g/mol. The molecule has 0 aliphatic heterocycles. The van der Waals surface area contributed by atoms with E-state index in [0.717, 1.165) is 10.6 Å². The second kappa shape index (κ2) is 6.01. The fourth-order valence-corrected chi connectivity index (χ4v) is 2.57. The van der Waals surface area contributed by atoms with Gasteiger partial charge in [0.05, 0.1) is 17.7 Å². The number of amides is 1. The first kappa shape index (κ1) is 15.4. The highest BCUT2D eigenvalue weighted by atomic mass is 32.1. The van der Waals surface area contributed by atoms with E-state index in [1.807, 2.05) is 13.8 Å². The molecule has 3 N–H and O–H groups in total. The standard InChI is InChI=1S/C12H20N4O2S/c1-5-12(3,10(13)15-18)11(17)16(4)6-9-8(2)14-7-19-9/h7,18H,5-6H2,1-4H3,(H2,13,15). The summed E-state index contributed by atoms with van der Waals surface area (Å²) in [6, 6.07) is 0. The molecule has 0 saturated heterocycles. The van der Waals surface area contributed by atoms with Crippen LogP contribution in [-0.4, -0.2) is 33.9 Å². The van der Waals surface area contributed by atoms with E-state index in [1.54, 1.807) is 24.4 Å². The van der Waals surface area contributed by atoms with Crippen LogP contribution >= 0.6 is 11.3 Å². The van der Waals surface area contributed by atoms with Gasteiger partial charge in [-0.25, -0.2) is 4.98 Å². The molecule has 0 aliphatic carbocycles. The Hall–Kier alpha value is -1.63. The van der Waals surface area contributed by atoms with Crippen LogP contribution in [0.4, 0.5) is 0 Å². The van der Waals surface area contributed by atoms with Crippen LogP contribution in [-0.2, 0) is 11.3 Å². The minimum Gasteiger partial charge on any atom is -0.409 e. The number of aromatic nitrogens is 1. The molecule has 0 radical (unpaired) electrons. The number of rotatable bonds is 5. The smallest absolute Gasteiger partial charge is 0.236 e. The van der Waals surface area contributed by atoms with Crippen molar-refractivity contribution in [3.63, 3.8) is 0 Å². The number of oxime groups is 1. The molecule has 1 atom stereocenters. The van der Waals surface area contributed by atoms with Gasteiger partial charge in [-0.3, -0.25) is 4.79 Å². The molecule has 0 aromatic carbocycles. The Labute approximate surface area is 116 Å². The summed E-state index contributed by atoms with van der Waals surface area (Å²) < 4.78 is 0. The van der Waals surface area contributed by atoms with Gasteiger partial charge >= 0.3 is 0 Å². The Morgan fingerprint density at radius 2 is 2.32 bits per heavy atom. The van der Waals surface area contributed by atoms with Crippen LogP contribution in [0.25, 0.3) is 0 Å². The van der Waals surface area contributed by atoms with Crippen molar-refractivity contribution in [2.45, 2.75) is 33.7 Å². The van der Waals surface area contributed by atoms with E-state index in [-0.39, 0.29) is 11.7 Å². The second-order valence-corrected chi connectivity index (χ2v) is 5.63. The van der Waals surface area contributed by atoms with E-state index in [2.05, 4.69) is 10.1 Å². The van der Waals surface area contributed by atoms with E-state index in [9.17, 15) is 4.79 Å². The molecule has 0 saturated carbocycles. The number of hydrogen-bond acceptors (Lipinski definition) is 5. The quantitative estimate of drug-likeness (QED) is 0.371. The minimum atomic E-state index is -0.984. The SMILES string of the molecule is CCC(C)(C(=O)N(C)Cc1scnc1C)C(N)=NO. The molecule has 6 nitrogen and oxygen atoms in total. The summed E-state index contributed by atoms with van der Waals surface area (Å²) in [7, 11) is 1.71. The normalized spacial score (nSPS) is 15.1. The molecule has 0 spiro atoms. The zero-order valence-corrected chi connectivity index (χ0v) is 12.5. The van der Waals surface area contributed by atoms with Crippen molar-refractivity contribution in [3.8, 4) is 0 Å². The number of aryl methyl sites for hydroxylation is 1. The highest BCUT2D eigenvalue weighted by Crippen LogP contribution is 2.25. The number of nitrogens with zero attached hydrogens (tertiary/aromatic N) is 3. The van der Waals surface area contributed by atoms with E-state index in [1.165, 1.54) is 11.3 Å². The van der Waals surface area contributed by atoms with E-state index in [4.69, 9.17) is 10.9 Å². The van der Waals surface area contributed by atoms with Crippen molar-refractivity contribution < 1.29 is 10.0 Å². The van der Waals surface area contributed by atoms with Crippen molar-refractivity contribution in [2.75, 3.05) is 7.05 Å². The fourth-order valence-electron chi connectivity index (χ4n) is 1.74. The lowest BCUT2D eigenvalue weighted by molar-refractivity contribution is -0.137. The molecule has 1 amide bonds. The summed E-state index contributed by atoms with van der Waals surface area (Å²) >= 11 is 1.51. The lowest BCUT2D eigenvalue weighted by atomic mass is 9.84. The van der Waals surface area contributed by atoms with Gasteiger partial charge in [0.25, 0.3) is 0 Å². The fraction of sp³-hybridized carbons (Fsp3) is 0.583. The van der Waals surface area contributed by atoms with Gasteiger partial charge in [0.15, 0.2) is 5.84 Å². The molecule has 1 rings (SSSR count). The molecule has 1 aromatic heterocycles. The Morgan fingerprint density at radius 3 is 2.74 bits per heavy atom. The van der Waals surface area contributed by atoms with Gasteiger partial charge in [0, 0.05) is 11.9 Å². The zero-order chi connectivity index (χ0) is 14.6. The summed E-state index contributed by atoms with van der Waals surface area (Å²) in [5, 5.41) is 11.8. The molecule has 7 heteroatoms. The molecule has 1 unspecified atom stereocenters. The number of nitrogens with two attached hydrogens (primary N) is 1. The summed E-state index contributed by atoms with van der Waals surface area (Å²) in [5.41, 5.74) is 7.34. The van der Waals surface area contributed by atoms with Crippen molar-refractivity contribution >= 4 is 23.1 Å². The lowest BCUT2D eigenvalue weighted by Gasteiger charge is -2.30. The van der Waals surface area contributed by atoms with Gasteiger partial charge in [-0.2, -0.15) is 0 Å². The van der Waals surface area contributed by atoms with Crippen molar-refractivity contribution in [1.82, 2.24) is 9.88 Å². The van der Waals surface area contributed by atoms with Crippen LogP contribution in [0, 0.1) is 12.3 Å². The van der Waals surface area contributed by atoms with Crippen LogP contribution in [0.3, 0.4) is 0 Å². The average Bonchev–Trinajstić information content (AvgIpc) is 2.81.